The number of rotatable bonds is 2. The number of carbonyl (C=O) groups excluding carboxylic acids is 1. The van der Waals surface area contributed by atoms with Crippen LogP contribution in [0, 0.1) is 0 Å². The summed E-state index contributed by atoms with van der Waals surface area (Å²) >= 11 is 5.80. The topological polar surface area (TPSA) is 20.3 Å². The van der Waals surface area contributed by atoms with Gasteiger partial charge < -0.3 is 4.90 Å². The van der Waals surface area contributed by atoms with E-state index >= 15 is 0 Å². The van der Waals surface area contributed by atoms with E-state index in [1.165, 1.54) is 11.0 Å². The number of fused-ring (bicyclic) bond motifs is 1. The summed E-state index contributed by atoms with van der Waals surface area (Å²) in [5.41, 5.74) is 1.17. The Labute approximate surface area is 136 Å². The second kappa shape index (κ2) is 5.89. The first kappa shape index (κ1) is 15.9. The molecule has 23 heavy (non-hydrogen) atoms. The van der Waals surface area contributed by atoms with Gasteiger partial charge in [0.25, 0.3) is 0 Å². The van der Waals surface area contributed by atoms with Gasteiger partial charge in [-0.1, -0.05) is 29.8 Å². The van der Waals surface area contributed by atoms with Crippen LogP contribution in [0.15, 0.2) is 42.5 Å². The molecule has 0 N–H and O–H groups in total. The molecule has 120 valence electrons. The summed E-state index contributed by atoms with van der Waals surface area (Å²) in [6.45, 7) is 0.406. The van der Waals surface area contributed by atoms with Crippen LogP contribution in [-0.4, -0.2) is 12.5 Å². The van der Waals surface area contributed by atoms with Crippen molar-refractivity contribution in [3.8, 4) is 0 Å². The minimum Gasteiger partial charge on any atom is -0.312 e. The van der Waals surface area contributed by atoms with Crippen LogP contribution in [0.25, 0.3) is 0 Å². The van der Waals surface area contributed by atoms with Gasteiger partial charge in [-0.2, -0.15) is 13.2 Å². The molecule has 2 aromatic rings. The molecule has 0 radical (unpaired) electrons. The van der Waals surface area contributed by atoms with E-state index in [0.717, 1.165) is 23.3 Å². The van der Waals surface area contributed by atoms with Crippen molar-refractivity contribution in [2.24, 2.45) is 0 Å². The maximum Gasteiger partial charge on any atom is 0.416 e. The second-order valence-corrected chi connectivity index (χ2v) is 5.88. The Bertz CT molecular complexity index is 740. The summed E-state index contributed by atoms with van der Waals surface area (Å²) in [5, 5.41) is 0.572. The van der Waals surface area contributed by atoms with Gasteiger partial charge in [-0.15, -0.1) is 0 Å². The number of hydrogen-bond donors (Lipinski definition) is 0. The molecule has 1 aliphatic rings. The fourth-order valence-electron chi connectivity index (χ4n) is 2.69. The highest BCUT2D eigenvalue weighted by atomic mass is 35.5. The van der Waals surface area contributed by atoms with Gasteiger partial charge in [0.05, 0.1) is 12.0 Å². The predicted molar refractivity (Wildman–Crippen MR) is 82.7 cm³/mol. The highest BCUT2D eigenvalue weighted by Crippen LogP contribution is 2.36. The van der Waals surface area contributed by atoms with E-state index < -0.39 is 11.7 Å². The zero-order chi connectivity index (χ0) is 16.6. The molecule has 0 aromatic heterocycles. The molecule has 3 rings (SSSR count). The van der Waals surface area contributed by atoms with E-state index in [9.17, 15) is 18.0 Å². The molecule has 1 amide bonds. The van der Waals surface area contributed by atoms with Gasteiger partial charge >= 0.3 is 6.18 Å². The Balaban J connectivity index is 1.83. The maximum absolute atomic E-state index is 12.9. The van der Waals surface area contributed by atoms with Gasteiger partial charge in [-0.3, -0.25) is 4.79 Å². The van der Waals surface area contributed by atoms with Crippen molar-refractivity contribution in [3.05, 3.63) is 64.2 Å². The van der Waals surface area contributed by atoms with Crippen LogP contribution in [0.2, 0.25) is 5.02 Å². The average Bonchev–Trinajstić information content (AvgIpc) is 2.92. The normalized spacial score (nSPS) is 14.0. The lowest BCUT2D eigenvalue weighted by Crippen LogP contribution is -2.30. The van der Waals surface area contributed by atoms with E-state index in [-0.39, 0.29) is 12.3 Å². The summed E-state index contributed by atoms with van der Waals surface area (Å²) in [7, 11) is 0. The number of alkyl halides is 3. The molecule has 0 saturated carbocycles. The lowest BCUT2D eigenvalue weighted by molar-refractivity contribution is -0.137. The van der Waals surface area contributed by atoms with Crippen LogP contribution in [0.1, 0.15) is 16.7 Å². The fraction of sp³-hybridized carbons (Fsp3) is 0.235. The zero-order valence-corrected chi connectivity index (χ0v) is 12.8. The van der Waals surface area contributed by atoms with E-state index in [4.69, 9.17) is 11.6 Å². The van der Waals surface area contributed by atoms with Gasteiger partial charge in [0.1, 0.15) is 0 Å². The number of benzene rings is 2. The third kappa shape index (κ3) is 3.34. The third-order valence-electron chi connectivity index (χ3n) is 3.88. The Morgan fingerprint density at radius 3 is 2.48 bits per heavy atom. The Hall–Kier alpha value is -2.01. The number of hydrogen-bond acceptors (Lipinski definition) is 1. The Kier molecular flexibility index (Phi) is 4.06. The molecule has 6 heteroatoms. The quantitative estimate of drug-likeness (QED) is 0.789. The third-order valence-corrected chi connectivity index (χ3v) is 4.13. The number of amides is 1. The van der Waals surface area contributed by atoms with Crippen molar-refractivity contribution in [1.82, 2.24) is 0 Å². The van der Waals surface area contributed by atoms with E-state index in [1.807, 2.05) is 0 Å². The molecular formula is C17H13ClF3NO. The molecule has 0 unspecified atom stereocenters. The maximum atomic E-state index is 12.9. The molecule has 2 aromatic carbocycles. The molecule has 0 fully saturated rings. The van der Waals surface area contributed by atoms with E-state index in [2.05, 4.69) is 0 Å². The predicted octanol–water partition coefficient (Wildman–Crippen LogP) is 4.49. The summed E-state index contributed by atoms with van der Waals surface area (Å²) in [5.74, 6) is -0.217. The summed E-state index contributed by atoms with van der Waals surface area (Å²) in [6.07, 6.45) is -3.71. The van der Waals surface area contributed by atoms with Gasteiger partial charge in [-0.25, -0.2) is 0 Å². The number of nitrogens with zero attached hydrogens (tertiary/aromatic N) is 1. The van der Waals surface area contributed by atoms with Crippen molar-refractivity contribution in [1.29, 1.82) is 0 Å². The van der Waals surface area contributed by atoms with Crippen LogP contribution >= 0.6 is 11.6 Å². The lowest BCUT2D eigenvalue weighted by Gasteiger charge is -2.18. The Morgan fingerprint density at radius 1 is 1.13 bits per heavy atom. The smallest absolute Gasteiger partial charge is 0.312 e. The van der Waals surface area contributed by atoms with Gasteiger partial charge in [0.15, 0.2) is 0 Å². The highest BCUT2D eigenvalue weighted by molar-refractivity contribution is 6.30. The molecule has 0 aliphatic carbocycles. The van der Waals surface area contributed by atoms with Gasteiger partial charge in [0.2, 0.25) is 5.91 Å². The minimum absolute atomic E-state index is 0.132. The van der Waals surface area contributed by atoms with Crippen molar-refractivity contribution >= 4 is 23.2 Å². The van der Waals surface area contributed by atoms with E-state index in [0.29, 0.717) is 23.7 Å². The van der Waals surface area contributed by atoms with Crippen molar-refractivity contribution in [3.63, 3.8) is 0 Å². The van der Waals surface area contributed by atoms with Crippen molar-refractivity contribution in [2.75, 3.05) is 11.4 Å². The molecule has 0 spiro atoms. The second-order valence-electron chi connectivity index (χ2n) is 5.44. The molecular weight excluding hydrogens is 327 g/mol. The van der Waals surface area contributed by atoms with E-state index in [1.54, 1.807) is 24.3 Å². The molecule has 1 heterocycles. The van der Waals surface area contributed by atoms with Gasteiger partial charge in [0, 0.05) is 17.3 Å². The number of carbonyl (C=O) groups is 1. The molecule has 0 bridgehead atoms. The molecule has 1 aliphatic heterocycles. The van der Waals surface area contributed by atoms with Crippen molar-refractivity contribution in [2.45, 2.75) is 19.0 Å². The van der Waals surface area contributed by atoms with Crippen LogP contribution in [0.3, 0.4) is 0 Å². The van der Waals surface area contributed by atoms with Crippen LogP contribution in [0.4, 0.5) is 18.9 Å². The Morgan fingerprint density at radius 2 is 1.83 bits per heavy atom. The standard InChI is InChI=1S/C17H13ClF3NO/c18-14-5-1-11(2-6-14)9-16(23)22-8-7-12-3-4-13(10-15(12)22)17(19,20)21/h1-6,10H,7-9H2. The first-order valence-electron chi connectivity index (χ1n) is 7.09. The average molecular weight is 340 g/mol. The SMILES string of the molecule is O=C(Cc1ccc(Cl)cc1)N1CCc2ccc(C(F)(F)F)cc21. The van der Waals surface area contributed by atoms with Crippen molar-refractivity contribution < 1.29 is 18.0 Å². The zero-order valence-electron chi connectivity index (χ0n) is 12.0. The summed E-state index contributed by atoms with van der Waals surface area (Å²) < 4.78 is 38.6. The summed E-state index contributed by atoms with van der Waals surface area (Å²) in [6, 6.07) is 10.4. The largest absolute Gasteiger partial charge is 0.416 e. The van der Waals surface area contributed by atoms with Gasteiger partial charge in [-0.05, 0) is 41.8 Å². The number of anilines is 1. The highest BCUT2D eigenvalue weighted by Gasteiger charge is 2.33. The monoisotopic (exact) mass is 339 g/mol. The summed E-state index contributed by atoms with van der Waals surface area (Å²) in [4.78, 5) is 13.9. The van der Waals surface area contributed by atoms with Crippen LogP contribution in [0.5, 0.6) is 0 Å². The number of halogens is 4. The van der Waals surface area contributed by atoms with Crippen LogP contribution in [-0.2, 0) is 23.8 Å². The molecule has 2 nitrogen and oxygen atoms in total. The lowest BCUT2D eigenvalue weighted by atomic mass is 10.1. The molecule has 0 atom stereocenters. The fourth-order valence-corrected chi connectivity index (χ4v) is 2.81. The first-order chi connectivity index (χ1) is 10.8. The van der Waals surface area contributed by atoms with Crippen LogP contribution < -0.4 is 4.90 Å². The first-order valence-corrected chi connectivity index (χ1v) is 7.47. The minimum atomic E-state index is -4.41. The molecule has 0 saturated heterocycles.